The molecule has 0 bridgehead atoms. The first-order chi connectivity index (χ1) is 9.46. The molecule has 1 amide bonds. The van der Waals surface area contributed by atoms with Gasteiger partial charge in [-0.2, -0.15) is 0 Å². The van der Waals surface area contributed by atoms with E-state index in [4.69, 9.17) is 0 Å². The molecule has 0 aliphatic carbocycles. The van der Waals surface area contributed by atoms with Crippen LogP contribution in [0.2, 0.25) is 0 Å². The quantitative estimate of drug-likeness (QED) is 0.719. The number of hydrogen-bond acceptors (Lipinski definition) is 4. The summed E-state index contributed by atoms with van der Waals surface area (Å²) in [6.07, 6.45) is 5.67. The van der Waals surface area contributed by atoms with E-state index in [9.17, 15) is 13.2 Å². The van der Waals surface area contributed by atoms with Gasteiger partial charge in [0.25, 0.3) is 0 Å². The molecule has 2 saturated heterocycles. The summed E-state index contributed by atoms with van der Waals surface area (Å²) in [5.41, 5.74) is 0. The SMILES string of the molecule is CS(=O)(=O)NCCC1CCCCN1C(=O)CC1CNC1. The zero-order valence-corrected chi connectivity index (χ0v) is 12.9. The lowest BCUT2D eigenvalue weighted by molar-refractivity contribution is -0.136. The molecule has 2 fully saturated rings. The van der Waals surface area contributed by atoms with Crippen molar-refractivity contribution in [1.29, 1.82) is 0 Å². The van der Waals surface area contributed by atoms with Crippen LogP contribution in [0, 0.1) is 5.92 Å². The van der Waals surface area contributed by atoms with E-state index < -0.39 is 10.0 Å². The van der Waals surface area contributed by atoms with Crippen LogP contribution in [-0.2, 0) is 14.8 Å². The summed E-state index contributed by atoms with van der Waals surface area (Å²) in [6.45, 7) is 3.13. The molecule has 2 rings (SSSR count). The zero-order chi connectivity index (χ0) is 14.6. The summed E-state index contributed by atoms with van der Waals surface area (Å²) in [5, 5.41) is 3.18. The monoisotopic (exact) mass is 303 g/mol. The minimum absolute atomic E-state index is 0.193. The Morgan fingerprint density at radius 2 is 2.10 bits per heavy atom. The molecule has 1 atom stereocenters. The predicted molar refractivity (Wildman–Crippen MR) is 77.8 cm³/mol. The van der Waals surface area contributed by atoms with Crippen LogP contribution in [0.4, 0.5) is 0 Å². The first-order valence-corrected chi connectivity index (χ1v) is 9.29. The van der Waals surface area contributed by atoms with Crippen molar-refractivity contribution in [2.45, 2.75) is 38.1 Å². The molecule has 2 heterocycles. The van der Waals surface area contributed by atoms with Gasteiger partial charge in [-0.15, -0.1) is 0 Å². The van der Waals surface area contributed by atoms with Gasteiger partial charge in [-0.05, 0) is 44.7 Å². The van der Waals surface area contributed by atoms with Crippen molar-refractivity contribution >= 4 is 15.9 Å². The molecule has 1 unspecified atom stereocenters. The molecule has 2 N–H and O–H groups in total. The fraction of sp³-hybridized carbons (Fsp3) is 0.923. The lowest BCUT2D eigenvalue weighted by Gasteiger charge is -2.38. The standard InChI is InChI=1S/C13H25N3O3S/c1-20(18,19)15-6-5-12-4-2-3-7-16(12)13(17)8-11-9-14-10-11/h11-12,14-15H,2-10H2,1H3. The summed E-state index contributed by atoms with van der Waals surface area (Å²) in [7, 11) is -3.14. The van der Waals surface area contributed by atoms with E-state index in [1.54, 1.807) is 0 Å². The first kappa shape index (κ1) is 15.7. The first-order valence-electron chi connectivity index (χ1n) is 7.40. The number of amides is 1. The van der Waals surface area contributed by atoms with E-state index >= 15 is 0 Å². The van der Waals surface area contributed by atoms with Gasteiger partial charge in [-0.1, -0.05) is 0 Å². The van der Waals surface area contributed by atoms with Gasteiger partial charge < -0.3 is 10.2 Å². The van der Waals surface area contributed by atoms with Crippen molar-refractivity contribution in [3.8, 4) is 0 Å². The lowest BCUT2D eigenvalue weighted by Crippen LogP contribution is -2.49. The molecule has 0 spiro atoms. The number of nitrogens with zero attached hydrogens (tertiary/aromatic N) is 1. The van der Waals surface area contributed by atoms with Gasteiger partial charge in [-0.3, -0.25) is 4.79 Å². The van der Waals surface area contributed by atoms with Crippen LogP contribution in [0.3, 0.4) is 0 Å². The summed E-state index contributed by atoms with van der Waals surface area (Å²) >= 11 is 0. The van der Waals surface area contributed by atoms with Crippen LogP contribution in [-0.4, -0.2) is 57.7 Å². The molecule has 20 heavy (non-hydrogen) atoms. The molecule has 0 aromatic rings. The Kier molecular flexibility index (Phi) is 5.40. The van der Waals surface area contributed by atoms with Crippen molar-refractivity contribution in [3.05, 3.63) is 0 Å². The average molecular weight is 303 g/mol. The van der Waals surface area contributed by atoms with E-state index in [2.05, 4.69) is 10.0 Å². The van der Waals surface area contributed by atoms with Crippen LogP contribution in [0.5, 0.6) is 0 Å². The maximum atomic E-state index is 12.3. The minimum atomic E-state index is -3.14. The van der Waals surface area contributed by atoms with Gasteiger partial charge in [0.1, 0.15) is 0 Å². The highest BCUT2D eigenvalue weighted by Crippen LogP contribution is 2.22. The fourth-order valence-corrected chi connectivity index (χ4v) is 3.39. The van der Waals surface area contributed by atoms with Crippen molar-refractivity contribution in [1.82, 2.24) is 14.9 Å². The third-order valence-electron chi connectivity index (χ3n) is 4.12. The third kappa shape index (κ3) is 4.71. The van der Waals surface area contributed by atoms with Crippen molar-refractivity contribution < 1.29 is 13.2 Å². The number of carbonyl (C=O) groups excluding carboxylic acids is 1. The Bertz CT molecular complexity index is 434. The topological polar surface area (TPSA) is 78.5 Å². The van der Waals surface area contributed by atoms with Gasteiger partial charge in [0.2, 0.25) is 15.9 Å². The van der Waals surface area contributed by atoms with Gasteiger partial charge in [-0.25, -0.2) is 13.1 Å². The smallest absolute Gasteiger partial charge is 0.223 e. The van der Waals surface area contributed by atoms with Crippen LogP contribution < -0.4 is 10.0 Å². The Morgan fingerprint density at radius 3 is 2.70 bits per heavy atom. The molecule has 0 radical (unpaired) electrons. The molecule has 0 saturated carbocycles. The number of hydrogen-bond donors (Lipinski definition) is 2. The second kappa shape index (κ2) is 6.87. The second-order valence-electron chi connectivity index (χ2n) is 5.92. The largest absolute Gasteiger partial charge is 0.340 e. The van der Waals surface area contributed by atoms with Crippen LogP contribution in [0.25, 0.3) is 0 Å². The maximum absolute atomic E-state index is 12.3. The van der Waals surface area contributed by atoms with E-state index in [0.717, 1.165) is 38.9 Å². The third-order valence-corrected chi connectivity index (χ3v) is 4.85. The maximum Gasteiger partial charge on any atom is 0.223 e. The lowest BCUT2D eigenvalue weighted by atomic mass is 9.95. The Balaban J connectivity index is 1.82. The van der Waals surface area contributed by atoms with Crippen LogP contribution in [0.1, 0.15) is 32.1 Å². The fourth-order valence-electron chi connectivity index (χ4n) is 2.90. The highest BCUT2D eigenvalue weighted by molar-refractivity contribution is 7.88. The summed E-state index contributed by atoms with van der Waals surface area (Å²) in [4.78, 5) is 14.3. The molecule has 0 aromatic heterocycles. The van der Waals surface area contributed by atoms with Gasteiger partial charge >= 0.3 is 0 Å². The van der Waals surface area contributed by atoms with E-state index in [1.165, 1.54) is 6.26 Å². The van der Waals surface area contributed by atoms with Gasteiger partial charge in [0.15, 0.2) is 0 Å². The normalized spacial score (nSPS) is 24.4. The molecule has 7 heteroatoms. The van der Waals surface area contributed by atoms with Crippen molar-refractivity contribution in [3.63, 3.8) is 0 Å². The number of likely N-dealkylation sites (tertiary alicyclic amines) is 1. The molecular formula is C13H25N3O3S. The Morgan fingerprint density at radius 1 is 1.35 bits per heavy atom. The second-order valence-corrected chi connectivity index (χ2v) is 7.75. The molecule has 2 aliphatic heterocycles. The van der Waals surface area contributed by atoms with Crippen LogP contribution in [0.15, 0.2) is 0 Å². The number of rotatable bonds is 6. The summed E-state index contributed by atoms with van der Waals surface area (Å²) < 4.78 is 24.7. The van der Waals surface area contributed by atoms with E-state index in [0.29, 0.717) is 25.3 Å². The molecule has 6 nitrogen and oxygen atoms in total. The molecule has 116 valence electrons. The van der Waals surface area contributed by atoms with Crippen LogP contribution >= 0.6 is 0 Å². The average Bonchev–Trinajstić information content (AvgIpc) is 2.32. The Labute approximate surface area is 121 Å². The van der Waals surface area contributed by atoms with Crippen molar-refractivity contribution in [2.24, 2.45) is 5.92 Å². The Hall–Kier alpha value is -0.660. The molecule has 2 aliphatic rings. The molecule has 0 aromatic carbocycles. The summed E-state index contributed by atoms with van der Waals surface area (Å²) in [5.74, 6) is 0.722. The zero-order valence-electron chi connectivity index (χ0n) is 12.1. The molecular weight excluding hydrogens is 278 g/mol. The van der Waals surface area contributed by atoms with Gasteiger partial charge in [0.05, 0.1) is 6.26 Å². The van der Waals surface area contributed by atoms with E-state index in [1.807, 2.05) is 4.90 Å². The number of nitrogens with one attached hydrogen (secondary N) is 2. The number of piperidine rings is 1. The number of carbonyl (C=O) groups is 1. The minimum Gasteiger partial charge on any atom is -0.340 e. The highest BCUT2D eigenvalue weighted by atomic mass is 32.2. The number of sulfonamides is 1. The summed E-state index contributed by atoms with van der Waals surface area (Å²) in [6, 6.07) is 0.193. The van der Waals surface area contributed by atoms with Crippen molar-refractivity contribution in [2.75, 3.05) is 32.4 Å². The predicted octanol–water partition coefficient (Wildman–Crippen LogP) is -0.0837. The van der Waals surface area contributed by atoms with E-state index in [-0.39, 0.29) is 11.9 Å². The van der Waals surface area contributed by atoms with Gasteiger partial charge in [0, 0.05) is 25.6 Å². The highest BCUT2D eigenvalue weighted by Gasteiger charge is 2.29.